The van der Waals surface area contributed by atoms with Crippen LogP contribution in [0.15, 0.2) is 60.7 Å². The summed E-state index contributed by atoms with van der Waals surface area (Å²) in [6.45, 7) is 5.11. The lowest BCUT2D eigenvalue weighted by atomic mass is 9.98. The summed E-state index contributed by atoms with van der Waals surface area (Å²) in [7, 11) is 2.15. The fraction of sp³-hybridized carbons (Fsp3) is 0.409. The molecule has 1 atom stereocenters. The van der Waals surface area contributed by atoms with Crippen molar-refractivity contribution in [3.05, 3.63) is 71.8 Å². The lowest BCUT2D eigenvalue weighted by Crippen LogP contribution is -2.45. The number of hydrogen-bond acceptors (Lipinski definition) is 3. The molecular formula is C22H29N3O. The molecule has 1 amide bonds. The number of piperazine rings is 1. The molecule has 0 spiro atoms. The molecule has 4 nitrogen and oxygen atoms in total. The number of nitrogens with zero attached hydrogens (tertiary/aromatic N) is 2. The topological polar surface area (TPSA) is 35.6 Å². The van der Waals surface area contributed by atoms with E-state index < -0.39 is 0 Å². The minimum absolute atomic E-state index is 0.0126. The first-order valence-electron chi connectivity index (χ1n) is 9.50. The highest BCUT2D eigenvalue weighted by molar-refractivity contribution is 5.76. The molecule has 1 N–H and O–H groups in total. The minimum Gasteiger partial charge on any atom is -0.349 e. The number of carbonyl (C=O) groups excluding carboxylic acids is 1. The Kier molecular flexibility index (Phi) is 6.81. The number of benzene rings is 2. The van der Waals surface area contributed by atoms with Gasteiger partial charge in [0.05, 0.1) is 6.04 Å². The molecule has 138 valence electrons. The summed E-state index contributed by atoms with van der Waals surface area (Å²) in [5.41, 5.74) is 2.39. The van der Waals surface area contributed by atoms with Crippen LogP contribution in [0.2, 0.25) is 0 Å². The van der Waals surface area contributed by atoms with E-state index in [1.165, 1.54) is 5.56 Å². The second-order valence-electron chi connectivity index (χ2n) is 7.12. The Morgan fingerprint density at radius 1 is 0.962 bits per heavy atom. The standard InChI is InChI=1S/C22H29N3O/c1-24-14-16-25(17-15-24)13-12-22(26)23-21(20-10-6-3-7-11-20)18-19-8-4-2-5-9-19/h2-11,21H,12-18H2,1H3,(H,23,26)/t21-/m0/s1. The zero-order valence-corrected chi connectivity index (χ0v) is 15.6. The van der Waals surface area contributed by atoms with Gasteiger partial charge in [0, 0.05) is 39.1 Å². The van der Waals surface area contributed by atoms with Gasteiger partial charge in [0.2, 0.25) is 5.91 Å². The van der Waals surface area contributed by atoms with Gasteiger partial charge in [-0.25, -0.2) is 0 Å². The number of hydrogen-bond donors (Lipinski definition) is 1. The maximum absolute atomic E-state index is 12.6. The van der Waals surface area contributed by atoms with Gasteiger partial charge < -0.3 is 15.1 Å². The molecule has 0 radical (unpaired) electrons. The molecule has 3 rings (SSSR count). The van der Waals surface area contributed by atoms with Gasteiger partial charge in [-0.15, -0.1) is 0 Å². The highest BCUT2D eigenvalue weighted by atomic mass is 16.1. The first-order chi connectivity index (χ1) is 12.7. The van der Waals surface area contributed by atoms with E-state index in [1.54, 1.807) is 0 Å². The third-order valence-electron chi connectivity index (χ3n) is 5.07. The number of nitrogens with one attached hydrogen (secondary N) is 1. The average molecular weight is 351 g/mol. The van der Waals surface area contributed by atoms with Crippen LogP contribution in [0.5, 0.6) is 0 Å². The number of rotatable bonds is 7. The summed E-state index contributed by atoms with van der Waals surface area (Å²) in [4.78, 5) is 17.3. The molecule has 0 saturated carbocycles. The Balaban J connectivity index is 1.57. The van der Waals surface area contributed by atoms with Gasteiger partial charge >= 0.3 is 0 Å². The van der Waals surface area contributed by atoms with E-state index in [9.17, 15) is 4.79 Å². The second-order valence-corrected chi connectivity index (χ2v) is 7.12. The van der Waals surface area contributed by atoms with Crippen molar-refractivity contribution in [3.8, 4) is 0 Å². The van der Waals surface area contributed by atoms with Gasteiger partial charge in [-0.3, -0.25) is 4.79 Å². The highest BCUT2D eigenvalue weighted by Crippen LogP contribution is 2.18. The first kappa shape index (κ1) is 18.6. The molecule has 26 heavy (non-hydrogen) atoms. The molecule has 0 aromatic heterocycles. The van der Waals surface area contributed by atoms with E-state index >= 15 is 0 Å². The lowest BCUT2D eigenvalue weighted by molar-refractivity contribution is -0.122. The quantitative estimate of drug-likeness (QED) is 0.833. The van der Waals surface area contributed by atoms with Gasteiger partial charge in [-0.05, 0) is 24.6 Å². The molecule has 4 heteroatoms. The van der Waals surface area contributed by atoms with E-state index in [1.807, 2.05) is 36.4 Å². The summed E-state index contributed by atoms with van der Waals surface area (Å²) >= 11 is 0. The maximum Gasteiger partial charge on any atom is 0.221 e. The van der Waals surface area contributed by atoms with Crippen LogP contribution in [0.1, 0.15) is 23.6 Å². The molecule has 1 heterocycles. The van der Waals surface area contributed by atoms with Gasteiger partial charge in [0.15, 0.2) is 0 Å². The minimum atomic E-state index is 0.0126. The highest BCUT2D eigenvalue weighted by Gasteiger charge is 2.18. The van der Waals surface area contributed by atoms with E-state index in [-0.39, 0.29) is 11.9 Å². The van der Waals surface area contributed by atoms with E-state index in [0.29, 0.717) is 6.42 Å². The van der Waals surface area contributed by atoms with Gasteiger partial charge in [-0.1, -0.05) is 60.7 Å². The smallest absolute Gasteiger partial charge is 0.221 e. The summed E-state index contributed by atoms with van der Waals surface area (Å²) in [5.74, 6) is 0.133. The van der Waals surface area contributed by atoms with Gasteiger partial charge in [0.25, 0.3) is 0 Å². The summed E-state index contributed by atoms with van der Waals surface area (Å²) in [6, 6.07) is 20.6. The predicted octanol–water partition coefficient (Wildman–Crippen LogP) is 2.72. The van der Waals surface area contributed by atoms with Crippen LogP contribution in [0.4, 0.5) is 0 Å². The Bertz CT molecular complexity index is 666. The van der Waals surface area contributed by atoms with Crippen LogP contribution < -0.4 is 5.32 Å². The van der Waals surface area contributed by atoms with Crippen molar-refractivity contribution < 1.29 is 4.79 Å². The Morgan fingerprint density at radius 3 is 2.23 bits per heavy atom. The second kappa shape index (κ2) is 9.51. The predicted molar refractivity (Wildman–Crippen MR) is 106 cm³/mol. The molecule has 2 aromatic rings. The van der Waals surface area contributed by atoms with Crippen molar-refractivity contribution in [2.75, 3.05) is 39.8 Å². The van der Waals surface area contributed by atoms with Crippen molar-refractivity contribution in [2.45, 2.75) is 18.9 Å². The average Bonchev–Trinajstić information content (AvgIpc) is 2.68. The molecule has 1 aliphatic rings. The third kappa shape index (κ3) is 5.68. The fourth-order valence-electron chi connectivity index (χ4n) is 3.38. The van der Waals surface area contributed by atoms with E-state index in [0.717, 1.165) is 44.7 Å². The SMILES string of the molecule is CN1CCN(CCC(=O)N[C@@H](Cc2ccccc2)c2ccccc2)CC1. The van der Waals surface area contributed by atoms with E-state index in [2.05, 4.69) is 46.4 Å². The van der Waals surface area contributed by atoms with Crippen LogP contribution in [0.25, 0.3) is 0 Å². The number of amides is 1. The van der Waals surface area contributed by atoms with Gasteiger partial charge in [0.1, 0.15) is 0 Å². The first-order valence-corrected chi connectivity index (χ1v) is 9.50. The Labute approximate surface area is 156 Å². The molecule has 0 unspecified atom stereocenters. The Morgan fingerprint density at radius 2 is 1.58 bits per heavy atom. The lowest BCUT2D eigenvalue weighted by Gasteiger charge is -2.32. The number of carbonyl (C=O) groups is 1. The van der Waals surface area contributed by atoms with Crippen molar-refractivity contribution in [3.63, 3.8) is 0 Å². The zero-order valence-electron chi connectivity index (χ0n) is 15.6. The molecule has 1 aliphatic heterocycles. The van der Waals surface area contributed by atoms with Crippen molar-refractivity contribution >= 4 is 5.91 Å². The molecule has 0 bridgehead atoms. The van der Waals surface area contributed by atoms with Crippen molar-refractivity contribution in [1.82, 2.24) is 15.1 Å². The molecule has 1 fully saturated rings. The third-order valence-corrected chi connectivity index (χ3v) is 5.07. The van der Waals surface area contributed by atoms with Crippen LogP contribution >= 0.6 is 0 Å². The number of likely N-dealkylation sites (N-methyl/N-ethyl adjacent to an activating group) is 1. The van der Waals surface area contributed by atoms with Crippen LogP contribution in [-0.2, 0) is 11.2 Å². The zero-order chi connectivity index (χ0) is 18.2. The van der Waals surface area contributed by atoms with Crippen molar-refractivity contribution in [1.29, 1.82) is 0 Å². The van der Waals surface area contributed by atoms with E-state index in [4.69, 9.17) is 0 Å². The van der Waals surface area contributed by atoms with Gasteiger partial charge in [-0.2, -0.15) is 0 Å². The fourth-order valence-corrected chi connectivity index (χ4v) is 3.38. The van der Waals surface area contributed by atoms with Crippen LogP contribution in [-0.4, -0.2) is 55.5 Å². The molecular weight excluding hydrogens is 322 g/mol. The monoisotopic (exact) mass is 351 g/mol. The molecule has 2 aromatic carbocycles. The van der Waals surface area contributed by atoms with Crippen molar-refractivity contribution in [2.24, 2.45) is 0 Å². The van der Waals surface area contributed by atoms with Crippen LogP contribution in [0.3, 0.4) is 0 Å². The largest absolute Gasteiger partial charge is 0.349 e. The van der Waals surface area contributed by atoms with Crippen LogP contribution in [0, 0.1) is 0 Å². The summed E-state index contributed by atoms with van der Waals surface area (Å²) in [5, 5.41) is 3.25. The maximum atomic E-state index is 12.6. The Hall–Kier alpha value is -2.17. The summed E-state index contributed by atoms with van der Waals surface area (Å²) < 4.78 is 0. The molecule has 0 aliphatic carbocycles. The molecule has 1 saturated heterocycles. The summed E-state index contributed by atoms with van der Waals surface area (Å²) in [6.07, 6.45) is 1.37. The normalized spacial score (nSPS) is 17.0.